The third-order valence-electron chi connectivity index (χ3n) is 5.12. The van der Waals surface area contributed by atoms with E-state index in [1.807, 2.05) is 51.4 Å². The van der Waals surface area contributed by atoms with Crippen LogP contribution in [-0.2, 0) is 11.3 Å². The lowest BCUT2D eigenvalue weighted by Crippen LogP contribution is -3.12. The van der Waals surface area contributed by atoms with Crippen molar-refractivity contribution in [3.63, 3.8) is 0 Å². The van der Waals surface area contributed by atoms with Crippen molar-refractivity contribution >= 4 is 28.1 Å². The first-order valence-electron chi connectivity index (χ1n) is 9.33. The van der Waals surface area contributed by atoms with Gasteiger partial charge in [0.05, 0.1) is 7.05 Å². The third-order valence-corrected chi connectivity index (χ3v) is 5.12. The van der Waals surface area contributed by atoms with Crippen LogP contribution in [0, 0.1) is 0 Å². The summed E-state index contributed by atoms with van der Waals surface area (Å²) in [5.41, 5.74) is 3.27. The number of carbonyl (C=O) groups is 1. The Morgan fingerprint density at radius 1 is 1.00 bits per heavy atom. The largest absolute Gasteiger partial charge is 0.378 e. The molecule has 3 aromatic rings. The zero-order valence-electron chi connectivity index (χ0n) is 16.5. The summed E-state index contributed by atoms with van der Waals surface area (Å²) >= 11 is 0. The van der Waals surface area contributed by atoms with Crippen LogP contribution in [0.15, 0.2) is 66.7 Å². The van der Waals surface area contributed by atoms with Crippen molar-refractivity contribution in [2.24, 2.45) is 0 Å². The number of hydrogen-bond acceptors (Lipinski definition) is 2. The Morgan fingerprint density at radius 3 is 2.37 bits per heavy atom. The van der Waals surface area contributed by atoms with E-state index in [1.165, 1.54) is 11.3 Å². The molecule has 0 bridgehead atoms. The predicted octanol–water partition coefficient (Wildman–Crippen LogP) is 2.95. The molecule has 0 aliphatic heterocycles. The predicted molar refractivity (Wildman–Crippen MR) is 113 cm³/mol. The van der Waals surface area contributed by atoms with E-state index in [1.54, 1.807) is 0 Å². The van der Waals surface area contributed by atoms with Gasteiger partial charge in [0.2, 0.25) is 0 Å². The maximum Gasteiger partial charge on any atom is 0.282 e. The molecule has 2 atom stereocenters. The van der Waals surface area contributed by atoms with Crippen LogP contribution < -0.4 is 15.1 Å². The van der Waals surface area contributed by atoms with Crippen molar-refractivity contribution in [2.75, 3.05) is 31.4 Å². The number of benzene rings is 3. The van der Waals surface area contributed by atoms with E-state index in [2.05, 4.69) is 53.7 Å². The second-order valence-electron chi connectivity index (χ2n) is 7.32. The van der Waals surface area contributed by atoms with Crippen molar-refractivity contribution in [1.82, 2.24) is 0 Å². The van der Waals surface area contributed by atoms with Gasteiger partial charge in [-0.25, -0.2) is 0 Å². The summed E-state index contributed by atoms with van der Waals surface area (Å²) in [6, 6.07) is 22.4. The molecule has 1 unspecified atom stereocenters. The van der Waals surface area contributed by atoms with E-state index in [9.17, 15) is 4.79 Å². The van der Waals surface area contributed by atoms with Crippen molar-refractivity contribution in [3.05, 3.63) is 72.3 Å². The number of quaternary nitrogens is 1. The summed E-state index contributed by atoms with van der Waals surface area (Å²) in [6.45, 7) is 2.78. The molecule has 2 N–H and O–H groups in total. The molecule has 0 heterocycles. The Kier molecular flexibility index (Phi) is 5.77. The summed E-state index contributed by atoms with van der Waals surface area (Å²) in [6.07, 6.45) is 0. The molecule has 1 amide bonds. The first-order valence-corrected chi connectivity index (χ1v) is 9.33. The second kappa shape index (κ2) is 8.23. The smallest absolute Gasteiger partial charge is 0.282 e. The first kappa shape index (κ1) is 18.9. The van der Waals surface area contributed by atoms with Gasteiger partial charge in [0.1, 0.15) is 6.54 Å². The fourth-order valence-corrected chi connectivity index (χ4v) is 3.19. The molecule has 4 heteroatoms. The minimum atomic E-state index is -0.155. The molecule has 0 spiro atoms. The van der Waals surface area contributed by atoms with Gasteiger partial charge in [-0.2, -0.15) is 0 Å². The topological polar surface area (TPSA) is 36.8 Å². The number of nitrogens with zero attached hydrogens (tertiary/aromatic N) is 1. The van der Waals surface area contributed by atoms with Crippen molar-refractivity contribution in [2.45, 2.75) is 19.5 Å². The van der Waals surface area contributed by atoms with E-state index in [-0.39, 0.29) is 11.9 Å². The molecule has 0 fully saturated rings. The van der Waals surface area contributed by atoms with E-state index in [4.69, 9.17) is 0 Å². The van der Waals surface area contributed by atoms with E-state index < -0.39 is 0 Å². The van der Waals surface area contributed by atoms with Gasteiger partial charge in [0.15, 0.2) is 6.04 Å². The van der Waals surface area contributed by atoms with E-state index >= 15 is 0 Å². The van der Waals surface area contributed by atoms with Crippen LogP contribution in [0.4, 0.5) is 11.4 Å². The maximum absolute atomic E-state index is 12.8. The van der Waals surface area contributed by atoms with Crippen LogP contribution in [0.25, 0.3) is 10.8 Å². The standard InChI is InChI=1S/C23H27N3O/c1-17(26(4)16-18-12-14-20(15-13-18)25(2)3)23(27)24-22-11-7-9-19-8-5-6-10-21(19)22/h5-15,17H,16H2,1-4H3,(H,24,27)/p+1/t17-/m1/s1. The number of likely N-dealkylation sites (N-methyl/N-ethyl adjacent to an activating group) is 1. The van der Waals surface area contributed by atoms with Gasteiger partial charge in [0.25, 0.3) is 5.91 Å². The number of nitrogens with one attached hydrogen (secondary N) is 2. The summed E-state index contributed by atoms with van der Waals surface area (Å²) < 4.78 is 0. The number of fused-ring (bicyclic) bond motifs is 1. The highest BCUT2D eigenvalue weighted by Crippen LogP contribution is 2.22. The summed E-state index contributed by atoms with van der Waals surface area (Å²) in [4.78, 5) is 16.0. The molecule has 0 aliphatic rings. The van der Waals surface area contributed by atoms with Crippen LogP contribution in [0.1, 0.15) is 12.5 Å². The molecule has 0 radical (unpaired) electrons. The highest BCUT2D eigenvalue weighted by Gasteiger charge is 2.22. The van der Waals surface area contributed by atoms with Gasteiger partial charge in [-0.3, -0.25) is 4.79 Å². The summed E-state index contributed by atoms with van der Waals surface area (Å²) in [5, 5.41) is 5.31. The summed E-state index contributed by atoms with van der Waals surface area (Å²) in [7, 11) is 6.13. The second-order valence-corrected chi connectivity index (χ2v) is 7.32. The normalized spacial score (nSPS) is 13.2. The highest BCUT2D eigenvalue weighted by atomic mass is 16.2. The van der Waals surface area contributed by atoms with Crippen molar-refractivity contribution in [1.29, 1.82) is 0 Å². The zero-order chi connectivity index (χ0) is 19.4. The number of carbonyl (C=O) groups excluding carboxylic acids is 1. The number of hydrogen-bond donors (Lipinski definition) is 2. The van der Waals surface area contributed by atoms with Crippen LogP contribution in [0.3, 0.4) is 0 Å². The summed E-state index contributed by atoms with van der Waals surface area (Å²) in [5.74, 6) is 0.0359. The Bertz CT molecular complexity index is 913. The lowest BCUT2D eigenvalue weighted by Gasteiger charge is -2.22. The van der Waals surface area contributed by atoms with E-state index in [0.29, 0.717) is 0 Å². The van der Waals surface area contributed by atoms with Crippen molar-refractivity contribution in [3.8, 4) is 0 Å². The number of amides is 1. The highest BCUT2D eigenvalue weighted by molar-refractivity contribution is 6.03. The fourth-order valence-electron chi connectivity index (χ4n) is 3.19. The minimum absolute atomic E-state index is 0.0359. The molecular weight excluding hydrogens is 334 g/mol. The van der Waals surface area contributed by atoms with Crippen molar-refractivity contribution < 1.29 is 9.69 Å². The lowest BCUT2D eigenvalue weighted by atomic mass is 10.1. The molecule has 3 aromatic carbocycles. The lowest BCUT2D eigenvalue weighted by molar-refractivity contribution is -0.907. The average Bonchev–Trinajstić information content (AvgIpc) is 2.68. The van der Waals surface area contributed by atoms with Gasteiger partial charge in [-0.1, -0.05) is 48.5 Å². The first-order chi connectivity index (χ1) is 13.0. The van der Waals surface area contributed by atoms with Gasteiger partial charge < -0.3 is 15.1 Å². The molecule has 4 nitrogen and oxygen atoms in total. The van der Waals surface area contributed by atoms with Crippen LogP contribution in [-0.4, -0.2) is 33.1 Å². The Hall–Kier alpha value is -2.85. The van der Waals surface area contributed by atoms with Gasteiger partial charge in [0, 0.05) is 36.4 Å². The minimum Gasteiger partial charge on any atom is -0.378 e. The molecule has 0 aliphatic carbocycles. The third kappa shape index (κ3) is 4.47. The van der Waals surface area contributed by atoms with Crippen LogP contribution in [0.5, 0.6) is 0 Å². The van der Waals surface area contributed by atoms with Crippen LogP contribution in [0.2, 0.25) is 0 Å². The van der Waals surface area contributed by atoms with Gasteiger partial charge in [-0.15, -0.1) is 0 Å². The monoisotopic (exact) mass is 362 g/mol. The zero-order valence-corrected chi connectivity index (χ0v) is 16.5. The Labute approximate surface area is 161 Å². The molecule has 0 saturated carbocycles. The Balaban J connectivity index is 1.67. The number of anilines is 2. The fraction of sp³-hybridized carbons (Fsp3) is 0.261. The average molecular weight is 362 g/mol. The molecule has 0 aromatic heterocycles. The molecular formula is C23H28N3O+. The maximum atomic E-state index is 12.8. The molecule has 27 heavy (non-hydrogen) atoms. The SMILES string of the molecule is C[C@H](C(=O)Nc1cccc2ccccc12)[NH+](C)Cc1ccc(N(C)C)cc1. The van der Waals surface area contributed by atoms with Gasteiger partial charge >= 0.3 is 0 Å². The molecule has 3 rings (SSSR count). The van der Waals surface area contributed by atoms with Gasteiger partial charge in [-0.05, 0) is 30.5 Å². The number of rotatable bonds is 6. The molecule has 0 saturated heterocycles. The quantitative estimate of drug-likeness (QED) is 0.707. The van der Waals surface area contributed by atoms with E-state index in [0.717, 1.165) is 27.9 Å². The Morgan fingerprint density at radius 2 is 1.67 bits per heavy atom. The molecule has 140 valence electrons. The van der Waals surface area contributed by atoms with Crippen LogP contribution >= 0.6 is 0 Å².